The van der Waals surface area contributed by atoms with Gasteiger partial charge in [-0.15, -0.1) is 0 Å². The Labute approximate surface area is 106 Å². The van der Waals surface area contributed by atoms with Gasteiger partial charge in [-0.1, -0.05) is 0 Å². The zero-order valence-electron chi connectivity index (χ0n) is 10.5. The summed E-state index contributed by atoms with van der Waals surface area (Å²) in [6.45, 7) is 2.18. The van der Waals surface area contributed by atoms with Crippen LogP contribution in [0.3, 0.4) is 0 Å². The van der Waals surface area contributed by atoms with Gasteiger partial charge in [0.05, 0.1) is 5.52 Å². The van der Waals surface area contributed by atoms with Gasteiger partial charge in [-0.3, -0.25) is 0 Å². The summed E-state index contributed by atoms with van der Waals surface area (Å²) in [6.07, 6.45) is 3.99. The lowest BCUT2D eigenvalue weighted by atomic mass is 9.91. The first-order valence-electron chi connectivity index (χ1n) is 6.30. The fourth-order valence-corrected chi connectivity index (χ4v) is 2.74. The smallest absolute Gasteiger partial charge is 0.124 e. The number of aromatic nitrogens is 2. The highest BCUT2D eigenvalue weighted by Gasteiger charge is 2.23. The van der Waals surface area contributed by atoms with Crippen LogP contribution in [0.15, 0.2) is 18.3 Å². The molecule has 0 atom stereocenters. The summed E-state index contributed by atoms with van der Waals surface area (Å²) in [5, 5.41) is 9.89. The molecule has 2 aromatic rings. The summed E-state index contributed by atoms with van der Waals surface area (Å²) in [6, 6.07) is 3.53. The molecule has 3 rings (SSSR count). The van der Waals surface area contributed by atoms with Crippen LogP contribution < -0.4 is 5.73 Å². The first-order chi connectivity index (χ1) is 8.65. The first kappa shape index (κ1) is 11.3. The molecule has 3 heterocycles. The van der Waals surface area contributed by atoms with Gasteiger partial charge >= 0.3 is 0 Å². The number of nitrogens with zero attached hydrogens (tertiary/aromatic N) is 3. The van der Waals surface area contributed by atoms with Gasteiger partial charge in [0, 0.05) is 11.8 Å². The van der Waals surface area contributed by atoms with Crippen molar-refractivity contribution in [3.63, 3.8) is 0 Å². The van der Waals surface area contributed by atoms with Gasteiger partial charge in [-0.25, -0.2) is 4.98 Å². The van der Waals surface area contributed by atoms with Crippen LogP contribution in [0.1, 0.15) is 24.3 Å². The highest BCUT2D eigenvalue weighted by atomic mass is 16.5. The van der Waals surface area contributed by atoms with E-state index in [9.17, 15) is 5.21 Å². The van der Waals surface area contributed by atoms with E-state index in [0.29, 0.717) is 11.7 Å². The summed E-state index contributed by atoms with van der Waals surface area (Å²) in [5.41, 5.74) is 8.44. The number of nitrogen functional groups attached to an aromatic ring is 1. The van der Waals surface area contributed by atoms with Crippen molar-refractivity contribution < 1.29 is 5.21 Å². The second-order valence-electron chi connectivity index (χ2n) is 5.11. The van der Waals surface area contributed by atoms with Crippen molar-refractivity contribution in [2.75, 3.05) is 25.9 Å². The Morgan fingerprint density at radius 1 is 1.33 bits per heavy atom. The molecule has 0 spiro atoms. The lowest BCUT2D eigenvalue weighted by Gasteiger charge is -2.28. The molecule has 2 aromatic heterocycles. The molecular formula is C13H18N4O. The van der Waals surface area contributed by atoms with Crippen molar-refractivity contribution in [3.05, 3.63) is 23.9 Å². The molecule has 0 radical (unpaired) electrons. The molecule has 1 aliphatic heterocycles. The fourth-order valence-electron chi connectivity index (χ4n) is 2.74. The van der Waals surface area contributed by atoms with Crippen LogP contribution in [0.5, 0.6) is 0 Å². The minimum Gasteiger partial charge on any atom is -0.428 e. The number of rotatable bonds is 1. The highest BCUT2D eigenvalue weighted by Crippen LogP contribution is 2.33. The molecule has 1 fully saturated rings. The molecular weight excluding hydrogens is 228 g/mol. The Morgan fingerprint density at radius 3 is 2.78 bits per heavy atom. The van der Waals surface area contributed by atoms with Crippen LogP contribution in [0, 0.1) is 0 Å². The Bertz CT molecular complexity index is 570. The Morgan fingerprint density at radius 2 is 2.06 bits per heavy atom. The van der Waals surface area contributed by atoms with Gasteiger partial charge in [-0.05, 0) is 51.0 Å². The maximum Gasteiger partial charge on any atom is 0.124 e. The molecule has 5 nitrogen and oxygen atoms in total. The van der Waals surface area contributed by atoms with E-state index in [2.05, 4.69) is 16.9 Å². The van der Waals surface area contributed by atoms with E-state index >= 15 is 0 Å². The van der Waals surface area contributed by atoms with Crippen LogP contribution in [0.25, 0.3) is 11.0 Å². The van der Waals surface area contributed by atoms with Gasteiger partial charge in [0.15, 0.2) is 0 Å². The fraction of sp³-hybridized carbons (Fsp3) is 0.462. The number of pyridine rings is 1. The van der Waals surface area contributed by atoms with Crippen molar-refractivity contribution in [1.29, 1.82) is 0 Å². The third kappa shape index (κ3) is 1.80. The van der Waals surface area contributed by atoms with Gasteiger partial charge < -0.3 is 15.8 Å². The number of nitrogens with two attached hydrogens (primary N) is 1. The number of likely N-dealkylation sites (tertiary alicyclic amines) is 1. The standard InChI is InChI=1S/C13H18N4O/c1-16-6-4-9(5-7-16)10-8-17(18)11-2-3-12(14)15-13(10)11/h2-3,8-9,18H,4-7H2,1H3,(H2,14,15). The molecule has 0 aliphatic carbocycles. The van der Waals surface area contributed by atoms with Crippen LogP contribution in [-0.4, -0.2) is 40.0 Å². The largest absolute Gasteiger partial charge is 0.428 e. The number of hydrogen-bond donors (Lipinski definition) is 2. The van der Waals surface area contributed by atoms with Crippen LogP contribution >= 0.6 is 0 Å². The van der Waals surface area contributed by atoms with Gasteiger partial charge in [-0.2, -0.15) is 4.73 Å². The molecule has 0 saturated carbocycles. The molecule has 1 saturated heterocycles. The van der Waals surface area contributed by atoms with E-state index in [1.807, 2.05) is 6.07 Å². The molecule has 0 unspecified atom stereocenters. The first-order valence-corrected chi connectivity index (χ1v) is 6.30. The minimum absolute atomic E-state index is 0.464. The molecule has 0 amide bonds. The molecule has 96 valence electrons. The summed E-state index contributed by atoms with van der Waals surface area (Å²) in [5.74, 6) is 0.967. The second kappa shape index (κ2) is 4.17. The van der Waals surface area contributed by atoms with Crippen LogP contribution in [0.4, 0.5) is 5.82 Å². The van der Waals surface area contributed by atoms with Crippen LogP contribution in [-0.2, 0) is 0 Å². The van der Waals surface area contributed by atoms with E-state index in [0.717, 1.165) is 47.3 Å². The molecule has 0 aromatic carbocycles. The quantitative estimate of drug-likeness (QED) is 0.751. The normalized spacial score (nSPS) is 18.5. The number of piperidine rings is 1. The minimum atomic E-state index is 0.464. The van der Waals surface area contributed by atoms with E-state index in [1.54, 1.807) is 12.3 Å². The molecule has 1 aliphatic rings. The van der Waals surface area contributed by atoms with Gasteiger partial charge in [0.1, 0.15) is 11.3 Å². The lowest BCUT2D eigenvalue weighted by molar-refractivity contribution is 0.198. The van der Waals surface area contributed by atoms with Crippen molar-refractivity contribution in [2.24, 2.45) is 0 Å². The summed E-state index contributed by atoms with van der Waals surface area (Å²) in [4.78, 5) is 6.70. The highest BCUT2D eigenvalue weighted by molar-refractivity contribution is 5.81. The van der Waals surface area contributed by atoms with Crippen molar-refractivity contribution in [3.8, 4) is 0 Å². The van der Waals surface area contributed by atoms with Gasteiger partial charge in [0.25, 0.3) is 0 Å². The maximum atomic E-state index is 9.89. The van der Waals surface area contributed by atoms with Crippen LogP contribution in [0.2, 0.25) is 0 Å². The number of anilines is 1. The third-order valence-electron chi connectivity index (χ3n) is 3.84. The predicted octanol–water partition coefficient (Wildman–Crippen LogP) is 1.66. The predicted molar refractivity (Wildman–Crippen MR) is 70.8 cm³/mol. The average molecular weight is 246 g/mol. The molecule has 18 heavy (non-hydrogen) atoms. The maximum absolute atomic E-state index is 9.89. The summed E-state index contributed by atoms with van der Waals surface area (Å²) in [7, 11) is 2.14. The SMILES string of the molecule is CN1CCC(c2cn(O)c3ccc(N)nc23)CC1. The topological polar surface area (TPSA) is 67.3 Å². The van der Waals surface area contributed by atoms with E-state index < -0.39 is 0 Å². The summed E-state index contributed by atoms with van der Waals surface area (Å²) < 4.78 is 1.16. The van der Waals surface area contributed by atoms with E-state index in [1.165, 1.54) is 0 Å². The molecule has 3 N–H and O–H groups in total. The average Bonchev–Trinajstić information content (AvgIpc) is 2.67. The Balaban J connectivity index is 2.03. The third-order valence-corrected chi connectivity index (χ3v) is 3.84. The lowest BCUT2D eigenvalue weighted by Crippen LogP contribution is -2.29. The Hall–Kier alpha value is -1.75. The second-order valence-corrected chi connectivity index (χ2v) is 5.11. The summed E-state index contributed by atoms with van der Waals surface area (Å²) >= 11 is 0. The molecule has 5 heteroatoms. The van der Waals surface area contributed by atoms with Crippen molar-refractivity contribution in [1.82, 2.24) is 14.6 Å². The van der Waals surface area contributed by atoms with Crippen molar-refractivity contribution >= 4 is 16.9 Å². The number of hydrogen-bond acceptors (Lipinski definition) is 4. The van der Waals surface area contributed by atoms with Gasteiger partial charge in [0.2, 0.25) is 0 Å². The van der Waals surface area contributed by atoms with E-state index in [-0.39, 0.29) is 0 Å². The molecule has 0 bridgehead atoms. The number of fused-ring (bicyclic) bond motifs is 1. The Kier molecular flexibility index (Phi) is 2.63. The van der Waals surface area contributed by atoms with E-state index in [4.69, 9.17) is 5.73 Å². The monoisotopic (exact) mass is 246 g/mol. The zero-order chi connectivity index (χ0) is 12.7. The van der Waals surface area contributed by atoms with Crippen molar-refractivity contribution in [2.45, 2.75) is 18.8 Å². The zero-order valence-corrected chi connectivity index (χ0v) is 10.5.